The quantitative estimate of drug-likeness (QED) is 0.875. The number of nitrogens with zero attached hydrogens (tertiary/aromatic N) is 2. The zero-order valence-corrected chi connectivity index (χ0v) is 11.6. The first-order chi connectivity index (χ1) is 8.74. The van der Waals surface area contributed by atoms with Gasteiger partial charge in [0.1, 0.15) is 0 Å². The topological polar surface area (TPSA) is 32.5 Å². The van der Waals surface area contributed by atoms with Gasteiger partial charge in [0.05, 0.1) is 0 Å². The van der Waals surface area contributed by atoms with E-state index in [1.54, 1.807) is 0 Å². The average Bonchev–Trinajstić information content (AvgIpc) is 2.42. The highest BCUT2D eigenvalue weighted by Gasteiger charge is 2.22. The van der Waals surface area contributed by atoms with E-state index >= 15 is 0 Å². The third-order valence-electron chi connectivity index (χ3n) is 3.97. The molecule has 0 bridgehead atoms. The number of rotatable bonds is 4. The molecule has 0 aliphatic carbocycles. The lowest BCUT2D eigenvalue weighted by Crippen LogP contribution is -2.47. The molecular weight excluding hydrogens is 222 g/mol. The second-order valence-corrected chi connectivity index (χ2v) is 5.19. The summed E-state index contributed by atoms with van der Waals surface area (Å²) in [4.78, 5) is 4.89. The van der Waals surface area contributed by atoms with Crippen molar-refractivity contribution in [2.45, 2.75) is 19.4 Å². The van der Waals surface area contributed by atoms with E-state index in [2.05, 4.69) is 48.0 Å². The van der Waals surface area contributed by atoms with Crippen LogP contribution in [-0.4, -0.2) is 49.6 Å². The molecule has 1 atom stereocenters. The third-order valence-corrected chi connectivity index (χ3v) is 3.97. The molecule has 100 valence electrons. The van der Waals surface area contributed by atoms with Crippen molar-refractivity contribution in [2.24, 2.45) is 5.73 Å². The predicted molar refractivity (Wildman–Crippen MR) is 76.7 cm³/mol. The van der Waals surface area contributed by atoms with Crippen molar-refractivity contribution in [3.63, 3.8) is 0 Å². The van der Waals surface area contributed by atoms with Crippen molar-refractivity contribution in [3.05, 3.63) is 35.4 Å². The summed E-state index contributed by atoms with van der Waals surface area (Å²) in [6.07, 6.45) is 1.10. The van der Waals surface area contributed by atoms with E-state index in [1.807, 2.05) is 0 Å². The minimum atomic E-state index is 0.379. The van der Waals surface area contributed by atoms with E-state index in [9.17, 15) is 0 Å². The van der Waals surface area contributed by atoms with Crippen LogP contribution < -0.4 is 5.73 Å². The number of aryl methyl sites for hydroxylation is 1. The van der Waals surface area contributed by atoms with Gasteiger partial charge in [0, 0.05) is 38.8 Å². The summed E-state index contributed by atoms with van der Waals surface area (Å²) in [5.74, 6) is 0. The monoisotopic (exact) mass is 247 g/mol. The Hall–Kier alpha value is -0.900. The summed E-state index contributed by atoms with van der Waals surface area (Å²) < 4.78 is 0. The summed E-state index contributed by atoms with van der Waals surface area (Å²) in [5.41, 5.74) is 8.74. The highest BCUT2D eigenvalue weighted by atomic mass is 15.3. The van der Waals surface area contributed by atoms with Crippen LogP contribution in [0.3, 0.4) is 0 Å². The van der Waals surface area contributed by atoms with Crippen molar-refractivity contribution in [1.82, 2.24) is 9.80 Å². The van der Waals surface area contributed by atoms with Gasteiger partial charge < -0.3 is 10.6 Å². The summed E-state index contributed by atoms with van der Waals surface area (Å²) in [5, 5.41) is 0. The van der Waals surface area contributed by atoms with Gasteiger partial charge in [-0.15, -0.1) is 0 Å². The highest BCUT2D eigenvalue weighted by molar-refractivity contribution is 5.25. The van der Waals surface area contributed by atoms with Crippen molar-refractivity contribution in [1.29, 1.82) is 0 Å². The van der Waals surface area contributed by atoms with Crippen LogP contribution in [-0.2, 0) is 6.42 Å². The Kier molecular flexibility index (Phi) is 4.75. The summed E-state index contributed by atoms with van der Waals surface area (Å²) in [6, 6.07) is 9.33. The van der Waals surface area contributed by atoms with E-state index < -0.39 is 0 Å². The Morgan fingerprint density at radius 3 is 2.22 bits per heavy atom. The molecule has 0 radical (unpaired) electrons. The number of hydrogen-bond acceptors (Lipinski definition) is 3. The van der Waals surface area contributed by atoms with Crippen LogP contribution in [0.25, 0.3) is 0 Å². The first-order valence-corrected chi connectivity index (χ1v) is 6.96. The molecule has 1 heterocycles. The second kappa shape index (κ2) is 6.32. The minimum Gasteiger partial charge on any atom is -0.329 e. The number of hydrogen-bond donors (Lipinski definition) is 1. The van der Waals surface area contributed by atoms with E-state index in [0.717, 1.165) is 32.6 Å². The fraction of sp³-hybridized carbons (Fsp3) is 0.600. The molecule has 1 unspecified atom stereocenters. The lowest BCUT2D eigenvalue weighted by molar-refractivity contribution is 0.114. The highest BCUT2D eigenvalue weighted by Crippen LogP contribution is 2.21. The fourth-order valence-corrected chi connectivity index (χ4v) is 2.61. The van der Waals surface area contributed by atoms with Crippen LogP contribution in [0.1, 0.15) is 24.1 Å². The van der Waals surface area contributed by atoms with E-state index in [1.165, 1.54) is 11.1 Å². The maximum absolute atomic E-state index is 5.99. The molecule has 1 aromatic carbocycles. The van der Waals surface area contributed by atoms with Crippen molar-refractivity contribution in [2.75, 3.05) is 39.8 Å². The van der Waals surface area contributed by atoms with Gasteiger partial charge in [-0.2, -0.15) is 0 Å². The molecule has 0 saturated carbocycles. The molecule has 18 heavy (non-hydrogen) atoms. The van der Waals surface area contributed by atoms with Crippen LogP contribution >= 0.6 is 0 Å². The Morgan fingerprint density at radius 2 is 1.72 bits per heavy atom. The lowest BCUT2D eigenvalue weighted by Gasteiger charge is -2.37. The zero-order chi connectivity index (χ0) is 13.0. The van der Waals surface area contributed by atoms with Gasteiger partial charge in [0.2, 0.25) is 0 Å². The summed E-state index contributed by atoms with van der Waals surface area (Å²) in [7, 11) is 2.19. The van der Waals surface area contributed by atoms with Crippen LogP contribution in [0.5, 0.6) is 0 Å². The SMILES string of the molecule is CCc1ccc(C(CN)N2CCN(C)CC2)cc1. The van der Waals surface area contributed by atoms with Crippen LogP contribution in [0.2, 0.25) is 0 Å². The largest absolute Gasteiger partial charge is 0.329 e. The first kappa shape index (κ1) is 13.5. The molecule has 3 heteroatoms. The molecule has 1 aliphatic rings. The maximum Gasteiger partial charge on any atom is 0.0471 e. The molecule has 1 aromatic rings. The van der Waals surface area contributed by atoms with Gasteiger partial charge in [0.15, 0.2) is 0 Å². The third kappa shape index (κ3) is 3.10. The van der Waals surface area contributed by atoms with Gasteiger partial charge >= 0.3 is 0 Å². The molecule has 0 amide bonds. The van der Waals surface area contributed by atoms with E-state index in [4.69, 9.17) is 5.73 Å². The van der Waals surface area contributed by atoms with Crippen molar-refractivity contribution < 1.29 is 0 Å². The maximum atomic E-state index is 5.99. The average molecular weight is 247 g/mol. The molecule has 0 spiro atoms. The molecule has 3 nitrogen and oxygen atoms in total. The standard InChI is InChI=1S/C15H25N3/c1-3-13-4-6-14(7-5-13)15(12-16)18-10-8-17(2)9-11-18/h4-7,15H,3,8-12,16H2,1-2H3. The van der Waals surface area contributed by atoms with Crippen molar-refractivity contribution in [3.8, 4) is 0 Å². The Labute approximate surface area is 111 Å². The predicted octanol–water partition coefficient (Wildman–Crippen LogP) is 1.50. The molecule has 2 rings (SSSR count). The van der Waals surface area contributed by atoms with Gasteiger partial charge in [-0.1, -0.05) is 31.2 Å². The van der Waals surface area contributed by atoms with Crippen LogP contribution in [0.15, 0.2) is 24.3 Å². The van der Waals surface area contributed by atoms with E-state index in [-0.39, 0.29) is 0 Å². The number of likely N-dealkylation sites (N-methyl/N-ethyl adjacent to an activating group) is 1. The molecule has 2 N–H and O–H groups in total. The van der Waals surface area contributed by atoms with Gasteiger partial charge in [-0.25, -0.2) is 0 Å². The van der Waals surface area contributed by atoms with Gasteiger partial charge in [-0.05, 0) is 24.6 Å². The van der Waals surface area contributed by atoms with Crippen LogP contribution in [0.4, 0.5) is 0 Å². The molecule has 0 aromatic heterocycles. The molecular formula is C15H25N3. The van der Waals surface area contributed by atoms with Crippen LogP contribution in [0, 0.1) is 0 Å². The van der Waals surface area contributed by atoms with Crippen molar-refractivity contribution >= 4 is 0 Å². The normalized spacial score (nSPS) is 19.9. The lowest BCUT2D eigenvalue weighted by atomic mass is 10.0. The Morgan fingerprint density at radius 1 is 1.11 bits per heavy atom. The fourth-order valence-electron chi connectivity index (χ4n) is 2.61. The smallest absolute Gasteiger partial charge is 0.0471 e. The molecule has 1 fully saturated rings. The molecule has 1 saturated heterocycles. The van der Waals surface area contributed by atoms with Gasteiger partial charge in [-0.3, -0.25) is 4.90 Å². The Balaban J connectivity index is 2.07. The van der Waals surface area contributed by atoms with Gasteiger partial charge in [0.25, 0.3) is 0 Å². The summed E-state index contributed by atoms with van der Waals surface area (Å²) in [6.45, 7) is 7.42. The first-order valence-electron chi connectivity index (χ1n) is 6.96. The second-order valence-electron chi connectivity index (χ2n) is 5.19. The van der Waals surface area contributed by atoms with E-state index in [0.29, 0.717) is 12.6 Å². The number of piperazine rings is 1. The molecule has 1 aliphatic heterocycles. The number of benzene rings is 1. The zero-order valence-electron chi connectivity index (χ0n) is 11.6. The Bertz CT molecular complexity index is 353. The summed E-state index contributed by atoms with van der Waals surface area (Å²) >= 11 is 0. The number of nitrogens with two attached hydrogens (primary N) is 1. The minimum absolute atomic E-state index is 0.379.